The van der Waals surface area contributed by atoms with E-state index in [0.29, 0.717) is 64.3 Å². The molecule has 3 aromatic carbocycles. The summed E-state index contributed by atoms with van der Waals surface area (Å²) in [6.45, 7) is 8.54. The number of aromatic nitrogens is 2. The van der Waals surface area contributed by atoms with Crippen LogP contribution < -0.4 is 30.7 Å². The molecule has 0 saturated heterocycles. The van der Waals surface area contributed by atoms with Gasteiger partial charge in [-0.1, -0.05) is 30.3 Å². The smallest absolute Gasteiger partial charge is 0.324 e. The van der Waals surface area contributed by atoms with Crippen molar-refractivity contribution in [3.05, 3.63) is 83.4 Å². The highest BCUT2D eigenvalue weighted by atomic mass is 16.5. The first-order valence-corrected chi connectivity index (χ1v) is 17.1. The minimum absolute atomic E-state index is 0.359. The van der Waals surface area contributed by atoms with E-state index in [1.165, 1.54) is 0 Å². The van der Waals surface area contributed by atoms with Crippen molar-refractivity contribution >= 4 is 56.9 Å². The molecule has 268 valence electrons. The van der Waals surface area contributed by atoms with Crippen LogP contribution in [0.5, 0.6) is 11.5 Å². The zero-order chi connectivity index (χ0) is 36.5. The molecule has 0 saturated carbocycles. The molecule has 0 radical (unpaired) electrons. The number of nitrogens with one attached hydrogen (secondary N) is 4. The number of rotatable bonds is 14. The first kappa shape index (κ1) is 36.8. The van der Waals surface area contributed by atoms with Crippen LogP contribution in [-0.4, -0.2) is 86.3 Å². The van der Waals surface area contributed by atoms with Crippen molar-refractivity contribution in [1.82, 2.24) is 19.8 Å². The van der Waals surface area contributed by atoms with E-state index >= 15 is 0 Å². The second-order valence-corrected chi connectivity index (χ2v) is 13.1. The van der Waals surface area contributed by atoms with E-state index in [4.69, 9.17) is 9.47 Å². The summed E-state index contributed by atoms with van der Waals surface area (Å²) in [5.74, 6) is 2.02. The molecule has 0 aliphatic carbocycles. The lowest BCUT2D eigenvalue weighted by Crippen LogP contribution is -2.24. The molecule has 0 unspecified atom stereocenters. The van der Waals surface area contributed by atoms with Crippen molar-refractivity contribution in [2.75, 3.05) is 75.8 Å². The highest BCUT2D eigenvalue weighted by Crippen LogP contribution is 2.33. The van der Waals surface area contributed by atoms with Crippen LogP contribution in [0, 0.1) is 20.8 Å². The van der Waals surface area contributed by atoms with Gasteiger partial charge < -0.3 is 29.9 Å². The van der Waals surface area contributed by atoms with Gasteiger partial charge >= 0.3 is 12.1 Å². The Kier molecular flexibility index (Phi) is 12.2. The van der Waals surface area contributed by atoms with Crippen molar-refractivity contribution < 1.29 is 19.1 Å². The summed E-state index contributed by atoms with van der Waals surface area (Å²) in [6.07, 6.45) is 1.72. The molecule has 0 fully saturated rings. The van der Waals surface area contributed by atoms with Gasteiger partial charge in [-0.15, -0.1) is 0 Å². The Bertz CT molecular complexity index is 1870. The van der Waals surface area contributed by atoms with E-state index in [2.05, 4.69) is 41.0 Å². The molecular formula is C39H48N8O4. The molecule has 0 aliphatic rings. The minimum atomic E-state index is -0.472. The van der Waals surface area contributed by atoms with E-state index in [1.54, 1.807) is 12.1 Å². The van der Waals surface area contributed by atoms with Gasteiger partial charge in [-0.3, -0.25) is 10.6 Å². The largest absolute Gasteiger partial charge is 0.493 e. The fourth-order valence-corrected chi connectivity index (χ4v) is 5.87. The normalized spacial score (nSPS) is 11.2. The molecule has 0 bridgehead atoms. The number of carbonyl (C=O) groups excluding carboxylic acids is 2. The number of anilines is 4. The first-order valence-electron chi connectivity index (χ1n) is 17.1. The van der Waals surface area contributed by atoms with Crippen molar-refractivity contribution in [2.45, 2.75) is 33.6 Å². The van der Waals surface area contributed by atoms with Crippen LogP contribution in [0.25, 0.3) is 21.8 Å². The van der Waals surface area contributed by atoms with Gasteiger partial charge in [0.25, 0.3) is 0 Å². The summed E-state index contributed by atoms with van der Waals surface area (Å²) in [6, 6.07) is 19.8. The van der Waals surface area contributed by atoms with E-state index < -0.39 is 12.1 Å². The lowest BCUT2D eigenvalue weighted by atomic mass is 10.0. The number of hydrogen-bond acceptors (Lipinski definition) is 8. The fourth-order valence-electron chi connectivity index (χ4n) is 5.87. The Hall–Kier alpha value is -5.46. The number of benzene rings is 3. The lowest BCUT2D eigenvalue weighted by Gasteiger charge is -2.19. The third kappa shape index (κ3) is 9.83. The quantitative estimate of drug-likeness (QED) is 0.0873. The summed E-state index contributed by atoms with van der Waals surface area (Å²) in [7, 11) is 8.10. The molecule has 12 heteroatoms. The van der Waals surface area contributed by atoms with Crippen LogP contribution in [0.3, 0.4) is 0 Å². The summed E-state index contributed by atoms with van der Waals surface area (Å²) < 4.78 is 12.2. The first-order chi connectivity index (χ1) is 24.5. The molecule has 4 N–H and O–H groups in total. The maximum Gasteiger partial charge on any atom is 0.324 e. The number of pyridine rings is 2. The molecular weight excluding hydrogens is 644 g/mol. The van der Waals surface area contributed by atoms with Crippen molar-refractivity contribution in [2.24, 2.45) is 0 Å². The number of para-hydroxylation sites is 2. The number of aryl methyl sites for hydroxylation is 2. The number of hydrogen-bond donors (Lipinski definition) is 4. The van der Waals surface area contributed by atoms with Gasteiger partial charge in [-0.25, -0.2) is 19.6 Å². The zero-order valence-electron chi connectivity index (χ0n) is 30.5. The Morgan fingerprint density at radius 1 is 0.608 bits per heavy atom. The molecule has 5 aromatic rings. The van der Waals surface area contributed by atoms with Gasteiger partial charge in [-0.2, -0.15) is 0 Å². The fraction of sp³-hybridized carbons (Fsp3) is 0.333. The summed E-state index contributed by atoms with van der Waals surface area (Å²) in [4.78, 5) is 40.2. The van der Waals surface area contributed by atoms with Crippen molar-refractivity contribution in [3.8, 4) is 11.5 Å². The SMILES string of the molecule is Cc1cc(C)c(NC(=O)Nc2cc(OCCCN(C)C)c3ccccc3n2)c(C)c1NC(=O)Nc1cc(OCCCN(C)C)c2ccccc2n1. The second-order valence-electron chi connectivity index (χ2n) is 13.1. The molecule has 2 aromatic heterocycles. The van der Waals surface area contributed by atoms with E-state index in [1.807, 2.05) is 104 Å². The van der Waals surface area contributed by atoms with E-state index in [9.17, 15) is 9.59 Å². The number of fused-ring (bicyclic) bond motifs is 2. The standard InChI is InChI=1S/C39H48N8O4/c1-25-22-26(2)37(45-39(49)43-35-24-33(51-21-13-19-47(6)7)29-15-9-11-17-31(29)41-35)27(3)36(25)44-38(48)42-34-23-32(50-20-12-18-46(4)5)28-14-8-10-16-30(28)40-34/h8-11,14-17,22-24H,12-13,18-21H2,1-7H3,(H2,40,42,44,48)(H2,41,43,45,49). The average Bonchev–Trinajstić information content (AvgIpc) is 3.08. The molecule has 5 rings (SSSR count). The van der Waals surface area contributed by atoms with Gasteiger partial charge in [0.05, 0.1) is 35.6 Å². The molecule has 12 nitrogen and oxygen atoms in total. The summed E-state index contributed by atoms with van der Waals surface area (Å²) in [5, 5.41) is 13.4. The Morgan fingerprint density at radius 2 is 1.02 bits per heavy atom. The van der Waals surface area contributed by atoms with Crippen LogP contribution in [-0.2, 0) is 0 Å². The topological polar surface area (TPSA) is 133 Å². The summed E-state index contributed by atoms with van der Waals surface area (Å²) in [5.41, 5.74) is 4.96. The van der Waals surface area contributed by atoms with Crippen LogP contribution in [0.1, 0.15) is 29.5 Å². The number of urea groups is 2. The monoisotopic (exact) mass is 692 g/mol. The lowest BCUT2D eigenvalue weighted by molar-refractivity contribution is 0.261. The summed E-state index contributed by atoms with van der Waals surface area (Å²) >= 11 is 0. The van der Waals surface area contributed by atoms with Gasteiger partial charge in [0.15, 0.2) is 0 Å². The van der Waals surface area contributed by atoms with Crippen LogP contribution in [0.2, 0.25) is 0 Å². The molecule has 0 atom stereocenters. The Balaban J connectivity index is 1.29. The molecule has 4 amide bonds. The van der Waals surface area contributed by atoms with Crippen molar-refractivity contribution in [1.29, 1.82) is 0 Å². The van der Waals surface area contributed by atoms with Crippen LogP contribution >= 0.6 is 0 Å². The van der Waals surface area contributed by atoms with Gasteiger partial charge in [0.2, 0.25) is 0 Å². The number of ether oxygens (including phenoxy) is 2. The highest BCUT2D eigenvalue weighted by molar-refractivity contribution is 6.05. The minimum Gasteiger partial charge on any atom is -0.493 e. The van der Waals surface area contributed by atoms with Crippen LogP contribution in [0.15, 0.2) is 66.7 Å². The third-order valence-electron chi connectivity index (χ3n) is 8.30. The second kappa shape index (κ2) is 17.0. The van der Waals surface area contributed by atoms with Gasteiger partial charge in [-0.05, 0) is 103 Å². The van der Waals surface area contributed by atoms with Crippen LogP contribution in [0.4, 0.5) is 32.6 Å². The maximum absolute atomic E-state index is 13.4. The van der Waals surface area contributed by atoms with Gasteiger partial charge in [0, 0.05) is 36.0 Å². The predicted octanol–water partition coefficient (Wildman–Crippen LogP) is 7.66. The van der Waals surface area contributed by atoms with Crippen molar-refractivity contribution in [3.63, 3.8) is 0 Å². The molecule has 51 heavy (non-hydrogen) atoms. The highest BCUT2D eigenvalue weighted by Gasteiger charge is 2.18. The zero-order valence-corrected chi connectivity index (χ0v) is 30.5. The number of carbonyl (C=O) groups is 2. The maximum atomic E-state index is 13.4. The molecule has 0 spiro atoms. The Labute approximate surface area is 299 Å². The number of nitrogens with zero attached hydrogens (tertiary/aromatic N) is 4. The Morgan fingerprint density at radius 3 is 1.43 bits per heavy atom. The average molecular weight is 693 g/mol. The van der Waals surface area contributed by atoms with E-state index in [0.717, 1.165) is 47.8 Å². The van der Waals surface area contributed by atoms with E-state index in [-0.39, 0.29) is 0 Å². The number of amides is 4. The third-order valence-corrected chi connectivity index (χ3v) is 8.30. The molecule has 2 heterocycles. The van der Waals surface area contributed by atoms with Gasteiger partial charge in [0.1, 0.15) is 23.1 Å². The predicted molar refractivity (Wildman–Crippen MR) is 207 cm³/mol. The molecule has 0 aliphatic heterocycles.